The maximum Gasteiger partial charge on any atom is 0.240 e. The SMILES string of the molecule is [B]c1c([B])c([B])c(-c2nc(-n3c4ccccc4c4ccccc43)nc(-n3c4ccccc4c4cc(-c5ccccc5)c(N(C)c5ccccc5)cc43)n2)c([B])c1[B]. The van der Waals surface area contributed by atoms with Gasteiger partial charge < -0.3 is 4.90 Å². The average Bonchev–Trinajstić information content (AvgIpc) is 3.77. The Morgan fingerprint density at radius 2 is 0.877 bits per heavy atom. The minimum absolute atomic E-state index is 0.107. The van der Waals surface area contributed by atoms with E-state index in [-0.39, 0.29) is 38.7 Å². The van der Waals surface area contributed by atoms with Crippen LogP contribution in [-0.2, 0) is 0 Å². The van der Waals surface area contributed by atoms with Gasteiger partial charge in [-0.1, -0.05) is 114 Å². The largest absolute Gasteiger partial charge is 0.344 e. The van der Waals surface area contributed by atoms with Crippen LogP contribution in [0.15, 0.2) is 146 Å². The van der Waals surface area contributed by atoms with Crippen molar-refractivity contribution in [2.75, 3.05) is 11.9 Å². The van der Waals surface area contributed by atoms with E-state index in [0.717, 1.165) is 66.1 Å². The number of rotatable bonds is 6. The molecule has 11 heteroatoms. The number of anilines is 2. The van der Waals surface area contributed by atoms with Crippen molar-refractivity contribution in [3.8, 4) is 34.4 Å². The smallest absolute Gasteiger partial charge is 0.240 e. The van der Waals surface area contributed by atoms with Crippen molar-refractivity contribution in [3.63, 3.8) is 0 Å². The molecule has 10 rings (SSSR count). The number of nitrogens with zero attached hydrogens (tertiary/aromatic N) is 6. The van der Waals surface area contributed by atoms with Crippen LogP contribution in [0.4, 0.5) is 11.4 Å². The van der Waals surface area contributed by atoms with Crippen LogP contribution in [0, 0.1) is 0 Å². The molecule has 0 bridgehead atoms. The Bertz CT molecular complexity index is 3130. The van der Waals surface area contributed by atoms with Gasteiger partial charge in [0.25, 0.3) is 0 Å². The fourth-order valence-electron chi connectivity index (χ4n) is 8.03. The zero-order valence-electron chi connectivity index (χ0n) is 30.9. The van der Waals surface area contributed by atoms with Gasteiger partial charge in [0, 0.05) is 45.4 Å². The Hall–Kier alpha value is -6.73. The second-order valence-electron chi connectivity index (χ2n) is 14.1. The third-order valence-electron chi connectivity index (χ3n) is 10.9. The van der Waals surface area contributed by atoms with Gasteiger partial charge in [0.2, 0.25) is 11.9 Å². The van der Waals surface area contributed by atoms with Crippen LogP contribution in [0.25, 0.3) is 78.0 Å². The highest BCUT2D eigenvalue weighted by Crippen LogP contribution is 2.42. The van der Waals surface area contributed by atoms with E-state index in [9.17, 15) is 0 Å². The number of aromatic nitrogens is 5. The molecule has 0 atom stereocenters. The van der Waals surface area contributed by atoms with E-state index in [4.69, 9.17) is 54.2 Å². The van der Waals surface area contributed by atoms with Crippen molar-refractivity contribution in [1.82, 2.24) is 24.1 Å². The molecule has 3 heterocycles. The lowest BCUT2D eigenvalue weighted by atomic mass is 9.60. The van der Waals surface area contributed by atoms with Crippen molar-refractivity contribution in [3.05, 3.63) is 146 Å². The summed E-state index contributed by atoms with van der Waals surface area (Å²) in [5.74, 6) is 0.893. The predicted octanol–water partition coefficient (Wildman–Crippen LogP) is 5.14. The van der Waals surface area contributed by atoms with E-state index < -0.39 is 0 Å². The highest BCUT2D eigenvalue weighted by atomic mass is 15.3. The summed E-state index contributed by atoms with van der Waals surface area (Å²) < 4.78 is 4.10. The summed E-state index contributed by atoms with van der Waals surface area (Å²) in [5.41, 5.74) is 8.68. The van der Waals surface area contributed by atoms with Gasteiger partial charge in [-0.25, -0.2) is 0 Å². The molecule has 0 unspecified atom stereocenters. The Morgan fingerprint density at radius 1 is 0.439 bits per heavy atom. The van der Waals surface area contributed by atoms with Gasteiger partial charge in [0.05, 0.1) is 27.8 Å². The zero-order chi connectivity index (χ0) is 38.9. The number of hydrogen-bond donors (Lipinski definition) is 0. The normalized spacial score (nSPS) is 11.6. The first-order valence-corrected chi connectivity index (χ1v) is 18.5. The highest BCUT2D eigenvalue weighted by Gasteiger charge is 2.24. The van der Waals surface area contributed by atoms with Crippen LogP contribution >= 0.6 is 0 Å². The molecule has 0 saturated carbocycles. The van der Waals surface area contributed by atoms with Gasteiger partial charge in [-0.15, -0.1) is 16.4 Å². The number of para-hydroxylation sites is 4. The minimum atomic E-state index is 0.107. The maximum absolute atomic E-state index is 6.71. The molecule has 256 valence electrons. The van der Waals surface area contributed by atoms with Crippen molar-refractivity contribution < 1.29 is 0 Å². The average molecular weight is 718 g/mol. The molecule has 57 heavy (non-hydrogen) atoms. The second-order valence-corrected chi connectivity index (χ2v) is 14.1. The van der Waals surface area contributed by atoms with Gasteiger partial charge >= 0.3 is 0 Å². The number of fused-ring (bicyclic) bond motifs is 6. The first-order valence-electron chi connectivity index (χ1n) is 18.5. The standard InChI is InChI=1S/C46H27B5N6/c1-55(27-16-6-3-7-17-27)36-25-37-32(24-31(36)26-14-4-2-5-15-26)30-20-10-13-23-35(30)57(37)46-53-44(38-39(47)41(49)43(51)42(50)40(38)48)52-45(54-46)56-33-21-11-8-18-28(33)29-19-9-12-22-34(29)56/h2-25H,1H3. The summed E-state index contributed by atoms with van der Waals surface area (Å²) in [6, 6.07) is 49.8. The van der Waals surface area contributed by atoms with E-state index in [2.05, 4.69) is 101 Å². The lowest BCUT2D eigenvalue weighted by Crippen LogP contribution is -2.55. The number of hydrogen-bond acceptors (Lipinski definition) is 4. The van der Waals surface area contributed by atoms with E-state index in [1.54, 1.807) is 0 Å². The Kier molecular flexibility index (Phi) is 8.22. The minimum Gasteiger partial charge on any atom is -0.344 e. The van der Waals surface area contributed by atoms with Crippen molar-refractivity contribution >= 4 is 122 Å². The quantitative estimate of drug-likeness (QED) is 0.224. The molecule has 0 aliphatic rings. The molecule has 0 saturated heterocycles. The summed E-state index contributed by atoms with van der Waals surface area (Å²) in [5, 5.41) is 4.15. The molecule has 10 aromatic rings. The van der Waals surface area contributed by atoms with E-state index >= 15 is 0 Å². The highest BCUT2D eigenvalue weighted by molar-refractivity contribution is 6.68. The fourth-order valence-corrected chi connectivity index (χ4v) is 8.03. The lowest BCUT2D eigenvalue weighted by molar-refractivity contribution is 0.894. The molecule has 0 amide bonds. The van der Waals surface area contributed by atoms with Crippen molar-refractivity contribution in [1.29, 1.82) is 0 Å². The Labute approximate surface area is 336 Å². The third kappa shape index (κ3) is 5.44. The van der Waals surface area contributed by atoms with Crippen molar-refractivity contribution in [2.45, 2.75) is 0 Å². The molecule has 6 nitrogen and oxygen atoms in total. The molecule has 3 aromatic heterocycles. The molecular formula is C46H27B5N6. The summed E-state index contributed by atoms with van der Waals surface area (Å²) in [7, 11) is 34.6. The van der Waals surface area contributed by atoms with Crippen LogP contribution in [0.3, 0.4) is 0 Å². The van der Waals surface area contributed by atoms with Crippen LogP contribution in [-0.4, -0.2) is 70.4 Å². The zero-order valence-corrected chi connectivity index (χ0v) is 30.9. The molecule has 0 aliphatic carbocycles. The first kappa shape index (κ1) is 34.7. The molecule has 7 aromatic carbocycles. The molecule has 0 N–H and O–H groups in total. The van der Waals surface area contributed by atoms with E-state index in [0.29, 0.717) is 11.9 Å². The number of benzene rings is 7. The first-order chi connectivity index (χ1) is 27.8. The summed E-state index contributed by atoms with van der Waals surface area (Å²) in [6.07, 6.45) is 0. The van der Waals surface area contributed by atoms with Gasteiger partial charge in [-0.3, -0.25) is 9.13 Å². The maximum atomic E-state index is 6.71. The Morgan fingerprint density at radius 3 is 1.42 bits per heavy atom. The van der Waals surface area contributed by atoms with Gasteiger partial charge in [-0.05, 0) is 48.0 Å². The van der Waals surface area contributed by atoms with Crippen LogP contribution in [0.2, 0.25) is 0 Å². The topological polar surface area (TPSA) is 51.8 Å². The predicted molar refractivity (Wildman–Crippen MR) is 241 cm³/mol. The van der Waals surface area contributed by atoms with Gasteiger partial charge in [0.1, 0.15) is 39.2 Å². The Balaban J connectivity index is 1.34. The molecule has 0 spiro atoms. The third-order valence-corrected chi connectivity index (χ3v) is 10.9. The molecule has 0 fully saturated rings. The van der Waals surface area contributed by atoms with Gasteiger partial charge in [-0.2, -0.15) is 15.0 Å². The summed E-state index contributed by atoms with van der Waals surface area (Å²) in [4.78, 5) is 17.8. The van der Waals surface area contributed by atoms with Crippen molar-refractivity contribution in [2.24, 2.45) is 0 Å². The van der Waals surface area contributed by atoms with E-state index in [1.165, 1.54) is 0 Å². The summed E-state index contributed by atoms with van der Waals surface area (Å²) >= 11 is 0. The molecular weight excluding hydrogens is 691 g/mol. The van der Waals surface area contributed by atoms with Crippen LogP contribution < -0.4 is 32.2 Å². The van der Waals surface area contributed by atoms with E-state index in [1.807, 2.05) is 65.2 Å². The van der Waals surface area contributed by atoms with Gasteiger partial charge in [0.15, 0.2) is 5.82 Å². The lowest BCUT2D eigenvalue weighted by Gasteiger charge is -2.24. The second kappa shape index (κ2) is 13.5. The van der Waals surface area contributed by atoms with Crippen LogP contribution in [0.5, 0.6) is 0 Å². The van der Waals surface area contributed by atoms with Crippen LogP contribution in [0.1, 0.15) is 0 Å². The summed E-state index contributed by atoms with van der Waals surface area (Å²) in [6.45, 7) is 0. The monoisotopic (exact) mass is 718 g/mol. The molecule has 0 aliphatic heterocycles. The fraction of sp³-hybridized carbons (Fsp3) is 0.0217. The molecule has 10 radical (unpaired) electrons.